The van der Waals surface area contributed by atoms with Gasteiger partial charge in [0.1, 0.15) is 0 Å². The van der Waals surface area contributed by atoms with Gasteiger partial charge < -0.3 is 5.73 Å². The van der Waals surface area contributed by atoms with Crippen molar-refractivity contribution in [3.8, 4) is 0 Å². The predicted octanol–water partition coefficient (Wildman–Crippen LogP) is 1.96. The second-order valence-electron chi connectivity index (χ2n) is 5.39. The first-order valence-corrected chi connectivity index (χ1v) is 8.85. The fraction of sp³-hybridized carbons (Fsp3) is 1.00. The van der Waals surface area contributed by atoms with Crippen LogP contribution in [0.1, 0.15) is 52.4 Å². The van der Waals surface area contributed by atoms with Crippen molar-refractivity contribution < 1.29 is 8.42 Å². The zero-order chi connectivity index (χ0) is 13.6. The second kappa shape index (κ2) is 7.46. The highest BCUT2D eigenvalue weighted by Crippen LogP contribution is 2.27. The van der Waals surface area contributed by atoms with Crippen LogP contribution in [0.2, 0.25) is 0 Å². The van der Waals surface area contributed by atoms with Crippen LogP contribution in [-0.4, -0.2) is 37.6 Å². The molecule has 0 bridgehead atoms. The smallest absolute Gasteiger partial charge is 0.215 e. The number of hydrogen-bond donors (Lipinski definition) is 1. The summed E-state index contributed by atoms with van der Waals surface area (Å²) in [5.74, 6) is 0.530. The summed E-state index contributed by atoms with van der Waals surface area (Å²) in [4.78, 5) is 0. The normalized spacial score (nSPS) is 19.6. The average Bonchev–Trinajstić information content (AvgIpc) is 2.81. The lowest BCUT2D eigenvalue weighted by Gasteiger charge is -2.25. The van der Waals surface area contributed by atoms with E-state index in [9.17, 15) is 8.42 Å². The minimum atomic E-state index is -3.17. The second-order valence-corrected chi connectivity index (χ2v) is 7.40. The van der Waals surface area contributed by atoms with E-state index in [4.69, 9.17) is 5.73 Å². The van der Waals surface area contributed by atoms with Crippen molar-refractivity contribution in [2.45, 2.75) is 58.4 Å². The summed E-state index contributed by atoms with van der Waals surface area (Å²) in [5.41, 5.74) is 6.09. The zero-order valence-corrected chi connectivity index (χ0v) is 12.6. The van der Waals surface area contributed by atoms with Crippen LogP contribution in [0.3, 0.4) is 0 Å². The van der Waals surface area contributed by atoms with E-state index in [0.29, 0.717) is 19.0 Å². The highest BCUT2D eigenvalue weighted by Gasteiger charge is 2.29. The van der Waals surface area contributed by atoms with Crippen LogP contribution in [-0.2, 0) is 10.0 Å². The molecule has 1 aliphatic rings. The molecule has 0 spiro atoms. The van der Waals surface area contributed by atoms with Crippen molar-refractivity contribution in [3.63, 3.8) is 0 Å². The Labute approximate surface area is 112 Å². The van der Waals surface area contributed by atoms with Gasteiger partial charge in [-0.15, -0.1) is 0 Å². The first-order chi connectivity index (χ1) is 8.51. The molecule has 18 heavy (non-hydrogen) atoms. The highest BCUT2D eigenvalue weighted by atomic mass is 32.2. The number of nitrogens with zero attached hydrogens (tertiary/aromatic N) is 1. The monoisotopic (exact) mass is 276 g/mol. The van der Waals surface area contributed by atoms with Crippen LogP contribution < -0.4 is 5.73 Å². The van der Waals surface area contributed by atoms with E-state index in [2.05, 4.69) is 0 Å². The minimum Gasteiger partial charge on any atom is -0.326 e. The molecule has 0 heterocycles. The Balaban J connectivity index is 2.59. The fourth-order valence-corrected chi connectivity index (χ4v) is 4.65. The zero-order valence-electron chi connectivity index (χ0n) is 11.8. The summed E-state index contributed by atoms with van der Waals surface area (Å²) >= 11 is 0. The number of nitrogens with two attached hydrogens (primary N) is 1. The van der Waals surface area contributed by atoms with Crippen molar-refractivity contribution >= 4 is 10.0 Å². The lowest BCUT2D eigenvalue weighted by atomic mass is 10.0. The van der Waals surface area contributed by atoms with Crippen LogP contribution in [0, 0.1) is 5.92 Å². The van der Waals surface area contributed by atoms with Crippen molar-refractivity contribution in [3.05, 3.63) is 0 Å². The van der Waals surface area contributed by atoms with Gasteiger partial charge >= 0.3 is 0 Å². The molecule has 0 saturated heterocycles. The van der Waals surface area contributed by atoms with E-state index in [1.54, 1.807) is 4.31 Å². The fourth-order valence-electron chi connectivity index (χ4n) is 2.76. The third-order valence-corrected chi connectivity index (χ3v) is 5.71. The maximum absolute atomic E-state index is 12.3. The van der Waals surface area contributed by atoms with Gasteiger partial charge in [-0.05, 0) is 31.6 Å². The van der Waals surface area contributed by atoms with Crippen molar-refractivity contribution in [2.75, 3.05) is 18.8 Å². The molecule has 0 radical (unpaired) electrons. The van der Waals surface area contributed by atoms with E-state index in [-0.39, 0.29) is 11.8 Å². The van der Waals surface area contributed by atoms with Gasteiger partial charge in [-0.3, -0.25) is 0 Å². The Bertz CT molecular complexity index is 318. The van der Waals surface area contributed by atoms with Gasteiger partial charge in [-0.25, -0.2) is 12.7 Å². The topological polar surface area (TPSA) is 63.4 Å². The Morgan fingerprint density at radius 2 is 1.67 bits per heavy atom. The predicted molar refractivity (Wildman–Crippen MR) is 75.9 cm³/mol. The molecule has 108 valence electrons. The Morgan fingerprint density at radius 1 is 1.17 bits per heavy atom. The van der Waals surface area contributed by atoms with E-state index in [1.807, 2.05) is 13.8 Å². The average molecular weight is 276 g/mol. The molecule has 5 heteroatoms. The molecule has 0 aromatic rings. The van der Waals surface area contributed by atoms with Crippen LogP contribution in [0.25, 0.3) is 0 Å². The lowest BCUT2D eigenvalue weighted by molar-refractivity contribution is 0.395. The molecule has 1 unspecified atom stereocenters. The Hall–Kier alpha value is -0.130. The highest BCUT2D eigenvalue weighted by molar-refractivity contribution is 7.89. The Morgan fingerprint density at radius 3 is 2.11 bits per heavy atom. The van der Waals surface area contributed by atoms with Crippen LogP contribution in [0.5, 0.6) is 0 Å². The molecule has 0 aromatic carbocycles. The van der Waals surface area contributed by atoms with E-state index in [1.165, 1.54) is 12.8 Å². The molecule has 2 N–H and O–H groups in total. The lowest BCUT2D eigenvalue weighted by Crippen LogP contribution is -2.43. The molecule has 1 fully saturated rings. The van der Waals surface area contributed by atoms with Crippen LogP contribution in [0.4, 0.5) is 0 Å². The molecule has 0 amide bonds. The standard InChI is InChI=1S/C13H28N2O2S/c1-3-9-15(10-4-2)18(16,17)11-13(14)12-7-5-6-8-12/h12-13H,3-11,14H2,1-2H3. The SMILES string of the molecule is CCCN(CCC)S(=O)(=O)CC(N)C1CCCC1. The summed E-state index contributed by atoms with van der Waals surface area (Å²) < 4.78 is 26.3. The summed E-state index contributed by atoms with van der Waals surface area (Å²) in [7, 11) is -3.17. The number of sulfonamides is 1. The van der Waals surface area contributed by atoms with E-state index < -0.39 is 10.0 Å². The van der Waals surface area contributed by atoms with Crippen molar-refractivity contribution in [1.29, 1.82) is 0 Å². The van der Waals surface area contributed by atoms with E-state index >= 15 is 0 Å². The third kappa shape index (κ3) is 4.52. The molecule has 1 atom stereocenters. The van der Waals surface area contributed by atoms with Gasteiger partial charge in [-0.1, -0.05) is 26.7 Å². The summed E-state index contributed by atoms with van der Waals surface area (Å²) in [6, 6.07) is -0.186. The quantitative estimate of drug-likeness (QED) is 0.737. The Kier molecular flexibility index (Phi) is 6.60. The maximum atomic E-state index is 12.3. The molecule has 0 aliphatic heterocycles. The molecule has 1 saturated carbocycles. The minimum absolute atomic E-state index is 0.123. The molecule has 1 rings (SSSR count). The molecular formula is C13H28N2O2S. The van der Waals surface area contributed by atoms with Gasteiger partial charge in [0.25, 0.3) is 0 Å². The number of hydrogen-bond acceptors (Lipinski definition) is 3. The number of rotatable bonds is 8. The first-order valence-electron chi connectivity index (χ1n) is 7.24. The summed E-state index contributed by atoms with van der Waals surface area (Å²) in [5, 5.41) is 0. The molecule has 0 aromatic heterocycles. The van der Waals surface area contributed by atoms with Gasteiger partial charge in [0, 0.05) is 19.1 Å². The van der Waals surface area contributed by atoms with Gasteiger partial charge in [0.05, 0.1) is 5.75 Å². The third-order valence-electron chi connectivity index (χ3n) is 3.75. The molecule has 1 aliphatic carbocycles. The summed E-state index contributed by atoms with van der Waals surface area (Å²) in [6.45, 7) is 5.26. The van der Waals surface area contributed by atoms with Gasteiger partial charge in [0.2, 0.25) is 10.0 Å². The van der Waals surface area contributed by atoms with Crippen LogP contribution in [0.15, 0.2) is 0 Å². The van der Waals surface area contributed by atoms with Gasteiger partial charge in [0.15, 0.2) is 0 Å². The largest absolute Gasteiger partial charge is 0.326 e. The summed E-state index contributed by atoms with van der Waals surface area (Å²) in [6.07, 6.45) is 6.31. The van der Waals surface area contributed by atoms with Crippen LogP contribution >= 0.6 is 0 Å². The maximum Gasteiger partial charge on any atom is 0.215 e. The van der Waals surface area contributed by atoms with E-state index in [0.717, 1.165) is 25.7 Å². The first kappa shape index (κ1) is 15.9. The molecule has 4 nitrogen and oxygen atoms in total. The van der Waals surface area contributed by atoms with Crippen molar-refractivity contribution in [2.24, 2.45) is 11.7 Å². The molecular weight excluding hydrogens is 248 g/mol. The van der Waals surface area contributed by atoms with Crippen molar-refractivity contribution in [1.82, 2.24) is 4.31 Å². The van der Waals surface area contributed by atoms with Gasteiger partial charge in [-0.2, -0.15) is 0 Å².